The number of aromatic nitrogens is 1. The molecule has 1 aromatic carbocycles. The Kier molecular flexibility index (Phi) is 5.15. The Morgan fingerprint density at radius 1 is 1.43 bits per heavy atom. The molecule has 0 unspecified atom stereocenters. The van der Waals surface area contributed by atoms with Gasteiger partial charge in [-0.25, -0.2) is 0 Å². The first-order valence-electron chi connectivity index (χ1n) is 6.96. The third-order valence-corrected chi connectivity index (χ3v) is 3.51. The molecule has 0 saturated heterocycles. The summed E-state index contributed by atoms with van der Waals surface area (Å²) in [6, 6.07) is 6.92. The summed E-state index contributed by atoms with van der Waals surface area (Å²) < 4.78 is 0. The normalized spacial score (nSPS) is 12.8. The van der Waals surface area contributed by atoms with E-state index >= 15 is 0 Å². The van der Waals surface area contributed by atoms with Gasteiger partial charge < -0.3 is 10.4 Å². The van der Waals surface area contributed by atoms with Crippen LogP contribution in [0.4, 0.5) is 0 Å². The summed E-state index contributed by atoms with van der Waals surface area (Å²) in [5.74, 6) is -0.518. The molecule has 1 atom stereocenters. The maximum Gasteiger partial charge on any atom is 0.320 e. The van der Waals surface area contributed by atoms with Gasteiger partial charge in [0.15, 0.2) is 0 Å². The number of pyridine rings is 1. The molecule has 112 valence electrons. The van der Waals surface area contributed by atoms with Crippen molar-refractivity contribution in [3.05, 3.63) is 41.0 Å². The fourth-order valence-electron chi connectivity index (χ4n) is 2.34. The van der Waals surface area contributed by atoms with Gasteiger partial charge in [0.1, 0.15) is 6.04 Å². The van der Waals surface area contributed by atoms with Crippen molar-refractivity contribution in [2.75, 3.05) is 0 Å². The van der Waals surface area contributed by atoms with Crippen LogP contribution >= 0.6 is 11.6 Å². The van der Waals surface area contributed by atoms with Crippen LogP contribution in [0.3, 0.4) is 0 Å². The molecule has 2 rings (SSSR count). The third kappa shape index (κ3) is 4.16. The molecular weight excluding hydrogens is 288 g/mol. The largest absolute Gasteiger partial charge is 0.480 e. The number of fused-ring (bicyclic) bond motifs is 1. The molecule has 0 aliphatic rings. The average Bonchev–Trinajstić information content (AvgIpc) is 2.42. The van der Waals surface area contributed by atoms with E-state index in [4.69, 9.17) is 11.6 Å². The summed E-state index contributed by atoms with van der Waals surface area (Å²) in [5.41, 5.74) is 1.76. The van der Waals surface area contributed by atoms with E-state index in [-0.39, 0.29) is 0 Å². The van der Waals surface area contributed by atoms with Crippen molar-refractivity contribution in [2.45, 2.75) is 32.9 Å². The lowest BCUT2D eigenvalue weighted by Gasteiger charge is -2.17. The fourth-order valence-corrected chi connectivity index (χ4v) is 2.59. The smallest absolute Gasteiger partial charge is 0.320 e. The number of nitrogens with zero attached hydrogens (tertiary/aromatic N) is 1. The number of nitrogens with one attached hydrogen (secondary N) is 1. The van der Waals surface area contributed by atoms with Crippen LogP contribution in [0.25, 0.3) is 10.9 Å². The van der Waals surface area contributed by atoms with Gasteiger partial charge in [-0.3, -0.25) is 9.78 Å². The Hall–Kier alpha value is -1.65. The summed E-state index contributed by atoms with van der Waals surface area (Å²) in [4.78, 5) is 15.6. The first kappa shape index (κ1) is 15.7. The van der Waals surface area contributed by atoms with Crippen molar-refractivity contribution in [1.29, 1.82) is 0 Å². The summed E-state index contributed by atoms with van der Waals surface area (Å²) >= 11 is 6.11. The van der Waals surface area contributed by atoms with Crippen LogP contribution in [0.2, 0.25) is 5.02 Å². The molecule has 0 radical (unpaired) electrons. The van der Waals surface area contributed by atoms with Gasteiger partial charge in [-0.2, -0.15) is 0 Å². The third-order valence-electron chi connectivity index (χ3n) is 3.29. The van der Waals surface area contributed by atoms with E-state index in [2.05, 4.69) is 10.3 Å². The Morgan fingerprint density at radius 2 is 2.19 bits per heavy atom. The van der Waals surface area contributed by atoms with E-state index in [1.54, 1.807) is 6.20 Å². The second kappa shape index (κ2) is 6.87. The van der Waals surface area contributed by atoms with E-state index in [9.17, 15) is 9.90 Å². The van der Waals surface area contributed by atoms with Crippen LogP contribution < -0.4 is 5.32 Å². The van der Waals surface area contributed by atoms with Crippen LogP contribution in [0.15, 0.2) is 30.5 Å². The lowest BCUT2D eigenvalue weighted by molar-refractivity contribution is -0.140. The van der Waals surface area contributed by atoms with Gasteiger partial charge in [0.05, 0.1) is 5.52 Å². The number of hydrogen-bond donors (Lipinski definition) is 2. The van der Waals surface area contributed by atoms with Gasteiger partial charge in [0, 0.05) is 23.2 Å². The summed E-state index contributed by atoms with van der Waals surface area (Å²) in [6.45, 7) is 4.44. The molecule has 1 heterocycles. The first-order chi connectivity index (χ1) is 9.97. The van der Waals surface area contributed by atoms with Gasteiger partial charge >= 0.3 is 5.97 Å². The predicted octanol–water partition coefficient (Wildman–Crippen LogP) is 3.48. The molecule has 0 amide bonds. The maximum atomic E-state index is 11.3. The maximum absolute atomic E-state index is 11.3. The van der Waals surface area contributed by atoms with Crippen LogP contribution in [0.1, 0.15) is 25.8 Å². The SMILES string of the molecule is CC(C)C[C@H](NCc1cc(Cl)cc2cccnc12)C(=O)O. The number of halogens is 1. The van der Waals surface area contributed by atoms with Crippen molar-refractivity contribution < 1.29 is 9.90 Å². The van der Waals surface area contributed by atoms with Crippen LogP contribution in [0, 0.1) is 5.92 Å². The quantitative estimate of drug-likeness (QED) is 0.857. The minimum absolute atomic E-state index is 0.313. The zero-order valence-corrected chi connectivity index (χ0v) is 12.9. The Labute approximate surface area is 129 Å². The minimum atomic E-state index is -0.831. The highest BCUT2D eigenvalue weighted by Crippen LogP contribution is 2.22. The standard InChI is InChI=1S/C16H19ClN2O2/c1-10(2)6-14(16(20)21)19-9-12-8-13(17)7-11-4-3-5-18-15(11)12/h3-5,7-8,10,14,19H,6,9H2,1-2H3,(H,20,21)/t14-/m0/s1. The molecule has 0 aliphatic heterocycles. The predicted molar refractivity (Wildman–Crippen MR) is 84.5 cm³/mol. The monoisotopic (exact) mass is 306 g/mol. The van der Waals surface area contributed by atoms with Gasteiger partial charge in [0.25, 0.3) is 0 Å². The molecule has 1 aromatic heterocycles. The van der Waals surface area contributed by atoms with Crippen LogP contribution in [0.5, 0.6) is 0 Å². The van der Waals surface area contributed by atoms with Crippen molar-refractivity contribution in [1.82, 2.24) is 10.3 Å². The molecule has 5 heteroatoms. The van der Waals surface area contributed by atoms with E-state index in [0.29, 0.717) is 23.9 Å². The number of rotatable bonds is 6. The van der Waals surface area contributed by atoms with Crippen molar-refractivity contribution in [3.8, 4) is 0 Å². The molecule has 0 fully saturated rings. The van der Waals surface area contributed by atoms with E-state index in [0.717, 1.165) is 16.5 Å². The number of hydrogen-bond acceptors (Lipinski definition) is 3. The molecule has 0 saturated carbocycles. The topological polar surface area (TPSA) is 62.2 Å². The summed E-state index contributed by atoms with van der Waals surface area (Å²) in [5, 5.41) is 13.9. The van der Waals surface area contributed by atoms with Gasteiger partial charge in [-0.15, -0.1) is 0 Å². The van der Waals surface area contributed by atoms with Crippen LogP contribution in [-0.4, -0.2) is 22.1 Å². The van der Waals surface area contributed by atoms with Crippen molar-refractivity contribution in [3.63, 3.8) is 0 Å². The molecule has 2 aromatic rings. The van der Waals surface area contributed by atoms with Gasteiger partial charge in [-0.05, 0) is 36.1 Å². The highest BCUT2D eigenvalue weighted by atomic mass is 35.5. The number of benzene rings is 1. The molecule has 21 heavy (non-hydrogen) atoms. The number of aliphatic carboxylic acids is 1. The van der Waals surface area contributed by atoms with E-state index in [1.807, 2.05) is 38.1 Å². The second-order valence-corrected chi connectivity index (χ2v) is 5.98. The minimum Gasteiger partial charge on any atom is -0.480 e. The zero-order valence-electron chi connectivity index (χ0n) is 12.1. The first-order valence-corrected chi connectivity index (χ1v) is 7.34. The lowest BCUT2D eigenvalue weighted by atomic mass is 10.0. The highest BCUT2D eigenvalue weighted by Gasteiger charge is 2.18. The summed E-state index contributed by atoms with van der Waals surface area (Å²) in [7, 11) is 0. The fraction of sp³-hybridized carbons (Fsp3) is 0.375. The number of carboxylic acids is 1. The molecule has 0 spiro atoms. The van der Waals surface area contributed by atoms with Crippen molar-refractivity contribution in [2.24, 2.45) is 5.92 Å². The van der Waals surface area contributed by atoms with E-state index < -0.39 is 12.0 Å². The lowest BCUT2D eigenvalue weighted by Crippen LogP contribution is -2.37. The molecule has 0 aliphatic carbocycles. The molecule has 4 nitrogen and oxygen atoms in total. The highest BCUT2D eigenvalue weighted by molar-refractivity contribution is 6.31. The number of carboxylic acid groups (broad SMARTS) is 1. The molecule has 0 bridgehead atoms. The average molecular weight is 307 g/mol. The number of carbonyl (C=O) groups is 1. The van der Waals surface area contributed by atoms with E-state index in [1.165, 1.54) is 0 Å². The van der Waals surface area contributed by atoms with Crippen molar-refractivity contribution >= 4 is 28.5 Å². The Balaban J connectivity index is 2.21. The van der Waals surface area contributed by atoms with Gasteiger partial charge in [0.2, 0.25) is 0 Å². The summed E-state index contributed by atoms with van der Waals surface area (Å²) in [6.07, 6.45) is 2.31. The molecular formula is C16H19ClN2O2. The van der Waals surface area contributed by atoms with Gasteiger partial charge in [-0.1, -0.05) is 31.5 Å². The zero-order chi connectivity index (χ0) is 15.4. The Bertz CT molecular complexity index is 643. The second-order valence-electron chi connectivity index (χ2n) is 5.54. The molecule has 2 N–H and O–H groups in total. The Morgan fingerprint density at radius 3 is 2.86 bits per heavy atom. The van der Waals surface area contributed by atoms with Crippen LogP contribution in [-0.2, 0) is 11.3 Å².